The van der Waals surface area contributed by atoms with Crippen molar-refractivity contribution < 1.29 is 4.79 Å². The van der Waals surface area contributed by atoms with Crippen molar-refractivity contribution in [2.75, 3.05) is 4.90 Å². The molecule has 0 saturated heterocycles. The maximum Gasteiger partial charge on any atom is 0.246 e. The summed E-state index contributed by atoms with van der Waals surface area (Å²) in [5.74, 6) is -0.116. The largest absolute Gasteiger partial charge is 0.291 e. The molecule has 0 bridgehead atoms. The van der Waals surface area contributed by atoms with Crippen LogP contribution in [0.15, 0.2) is 30.3 Å². The standard InChI is InChI=1S/C17H22ClN3O/c1-5-15-8-6-7-9-16(15)20(17(22)14(4)18)11-21-13(3)10-12(2)19-21/h6-10,14H,5,11H2,1-4H3. The summed E-state index contributed by atoms with van der Waals surface area (Å²) in [4.78, 5) is 14.3. The molecule has 0 spiro atoms. The van der Waals surface area contributed by atoms with Crippen molar-refractivity contribution in [3.63, 3.8) is 0 Å². The van der Waals surface area contributed by atoms with Gasteiger partial charge >= 0.3 is 0 Å². The number of hydrogen-bond acceptors (Lipinski definition) is 2. The number of rotatable bonds is 5. The van der Waals surface area contributed by atoms with Gasteiger partial charge in [0.25, 0.3) is 0 Å². The molecule has 1 atom stereocenters. The molecule has 0 aliphatic carbocycles. The first-order valence-corrected chi connectivity index (χ1v) is 7.92. The van der Waals surface area contributed by atoms with Gasteiger partial charge in [-0.3, -0.25) is 9.69 Å². The third kappa shape index (κ3) is 3.50. The van der Waals surface area contributed by atoms with Crippen LogP contribution in [0.4, 0.5) is 5.69 Å². The van der Waals surface area contributed by atoms with Crippen LogP contribution in [0, 0.1) is 13.8 Å². The molecule has 4 nitrogen and oxygen atoms in total. The normalized spacial score (nSPS) is 12.2. The molecule has 0 saturated carbocycles. The molecule has 118 valence electrons. The molecule has 0 aliphatic heterocycles. The van der Waals surface area contributed by atoms with Crippen LogP contribution in [0.3, 0.4) is 0 Å². The van der Waals surface area contributed by atoms with Crippen molar-refractivity contribution in [3.8, 4) is 0 Å². The zero-order chi connectivity index (χ0) is 16.3. The Bertz CT molecular complexity index is 664. The van der Waals surface area contributed by atoms with Crippen LogP contribution in [-0.4, -0.2) is 21.1 Å². The van der Waals surface area contributed by atoms with Crippen molar-refractivity contribution in [3.05, 3.63) is 47.3 Å². The fourth-order valence-electron chi connectivity index (χ4n) is 2.50. The predicted octanol–water partition coefficient (Wildman–Crippen LogP) is 3.68. The zero-order valence-corrected chi connectivity index (χ0v) is 14.3. The lowest BCUT2D eigenvalue weighted by Gasteiger charge is -2.26. The molecule has 2 aromatic rings. The van der Waals surface area contributed by atoms with Crippen molar-refractivity contribution in [2.45, 2.75) is 46.2 Å². The Morgan fingerprint density at radius 3 is 2.59 bits per heavy atom. The number of carbonyl (C=O) groups is 1. The Hall–Kier alpha value is -1.81. The zero-order valence-electron chi connectivity index (χ0n) is 13.5. The van der Waals surface area contributed by atoms with Gasteiger partial charge in [0.2, 0.25) is 5.91 Å². The van der Waals surface area contributed by atoms with E-state index in [1.807, 2.05) is 48.9 Å². The van der Waals surface area contributed by atoms with Crippen LogP contribution in [-0.2, 0) is 17.9 Å². The van der Waals surface area contributed by atoms with Crippen LogP contribution < -0.4 is 4.90 Å². The Morgan fingerprint density at radius 1 is 1.36 bits per heavy atom. The highest BCUT2D eigenvalue weighted by molar-refractivity contribution is 6.32. The highest BCUT2D eigenvalue weighted by Gasteiger charge is 2.23. The molecule has 22 heavy (non-hydrogen) atoms. The monoisotopic (exact) mass is 319 g/mol. The van der Waals surface area contributed by atoms with Crippen LogP contribution in [0.1, 0.15) is 30.8 Å². The summed E-state index contributed by atoms with van der Waals surface area (Å²) in [7, 11) is 0. The van der Waals surface area contributed by atoms with Gasteiger partial charge < -0.3 is 0 Å². The SMILES string of the molecule is CCc1ccccc1N(Cn1nc(C)cc1C)C(=O)C(C)Cl. The van der Waals surface area contributed by atoms with Crippen LogP contribution in [0.25, 0.3) is 0 Å². The molecule has 1 unspecified atom stereocenters. The van der Waals surface area contributed by atoms with Crippen LogP contribution in [0.5, 0.6) is 0 Å². The minimum absolute atomic E-state index is 0.116. The quantitative estimate of drug-likeness (QED) is 0.788. The Morgan fingerprint density at radius 2 is 2.05 bits per heavy atom. The van der Waals surface area contributed by atoms with Gasteiger partial charge in [0.05, 0.1) is 5.69 Å². The van der Waals surface area contributed by atoms with Gasteiger partial charge in [-0.25, -0.2) is 4.68 Å². The average molecular weight is 320 g/mol. The Balaban J connectivity index is 2.43. The number of para-hydroxylation sites is 1. The molecule has 0 fully saturated rings. The first-order valence-electron chi connectivity index (χ1n) is 7.48. The Kier molecular flexibility index (Phi) is 5.24. The van der Waals surface area contributed by atoms with Gasteiger partial charge in [-0.2, -0.15) is 5.10 Å². The van der Waals surface area contributed by atoms with Gasteiger partial charge in [-0.1, -0.05) is 25.1 Å². The van der Waals surface area contributed by atoms with Crippen molar-refractivity contribution in [1.82, 2.24) is 9.78 Å². The van der Waals surface area contributed by atoms with E-state index in [1.54, 1.807) is 11.8 Å². The fourth-order valence-corrected chi connectivity index (χ4v) is 2.62. The maximum absolute atomic E-state index is 12.6. The lowest BCUT2D eigenvalue weighted by Crippen LogP contribution is -2.38. The molecule has 0 radical (unpaired) electrons. The fraction of sp³-hybridized carbons (Fsp3) is 0.412. The first kappa shape index (κ1) is 16.6. The average Bonchev–Trinajstić information content (AvgIpc) is 2.81. The Labute approximate surface area is 136 Å². The second kappa shape index (κ2) is 6.97. The molecule has 0 aliphatic rings. The molecule has 0 N–H and O–H groups in total. The van der Waals surface area contributed by atoms with Crippen LogP contribution >= 0.6 is 11.6 Å². The van der Waals surface area contributed by atoms with E-state index in [4.69, 9.17) is 11.6 Å². The number of hydrogen-bond donors (Lipinski definition) is 0. The summed E-state index contributed by atoms with van der Waals surface area (Å²) in [6.45, 7) is 8.08. The van der Waals surface area contributed by atoms with E-state index in [0.717, 1.165) is 29.1 Å². The van der Waals surface area contributed by atoms with E-state index in [2.05, 4.69) is 12.0 Å². The van der Waals surface area contributed by atoms with E-state index < -0.39 is 5.38 Å². The van der Waals surface area contributed by atoms with Gasteiger partial charge in [-0.15, -0.1) is 11.6 Å². The summed E-state index contributed by atoms with van der Waals surface area (Å²) in [6.07, 6.45) is 0.855. The van der Waals surface area contributed by atoms with E-state index in [1.165, 1.54) is 0 Å². The lowest BCUT2D eigenvalue weighted by molar-refractivity contribution is -0.118. The number of carbonyl (C=O) groups excluding carboxylic acids is 1. The van der Waals surface area contributed by atoms with E-state index >= 15 is 0 Å². The smallest absolute Gasteiger partial charge is 0.246 e. The third-order valence-electron chi connectivity index (χ3n) is 3.65. The summed E-state index contributed by atoms with van der Waals surface area (Å²) in [5.41, 5.74) is 3.98. The summed E-state index contributed by atoms with van der Waals surface area (Å²) in [6, 6.07) is 9.92. The maximum atomic E-state index is 12.6. The number of amides is 1. The molecule has 1 aromatic heterocycles. The summed E-state index contributed by atoms with van der Waals surface area (Å²) >= 11 is 6.06. The number of benzene rings is 1. The molecule has 1 amide bonds. The van der Waals surface area contributed by atoms with E-state index in [-0.39, 0.29) is 5.91 Å². The molecular formula is C17H22ClN3O. The number of nitrogens with zero attached hydrogens (tertiary/aromatic N) is 3. The third-order valence-corrected chi connectivity index (χ3v) is 3.84. The second-order valence-corrected chi connectivity index (χ2v) is 6.09. The lowest BCUT2D eigenvalue weighted by atomic mass is 10.1. The number of alkyl halides is 1. The highest BCUT2D eigenvalue weighted by atomic mass is 35.5. The number of halogens is 1. The minimum Gasteiger partial charge on any atom is -0.291 e. The van der Waals surface area contributed by atoms with Gasteiger partial charge in [0.15, 0.2) is 0 Å². The predicted molar refractivity (Wildman–Crippen MR) is 90.3 cm³/mol. The molecule has 5 heteroatoms. The van der Waals surface area contributed by atoms with Gasteiger partial charge in [0.1, 0.15) is 12.0 Å². The van der Waals surface area contributed by atoms with Crippen molar-refractivity contribution >= 4 is 23.2 Å². The molecule has 2 rings (SSSR count). The van der Waals surface area contributed by atoms with E-state index in [9.17, 15) is 4.79 Å². The summed E-state index contributed by atoms with van der Waals surface area (Å²) in [5, 5.41) is 3.87. The number of anilines is 1. The number of aromatic nitrogens is 2. The highest BCUT2D eigenvalue weighted by Crippen LogP contribution is 2.23. The van der Waals surface area contributed by atoms with E-state index in [0.29, 0.717) is 6.67 Å². The minimum atomic E-state index is -0.582. The first-order chi connectivity index (χ1) is 10.4. The molecular weight excluding hydrogens is 298 g/mol. The topological polar surface area (TPSA) is 38.1 Å². The van der Waals surface area contributed by atoms with Crippen molar-refractivity contribution in [1.29, 1.82) is 0 Å². The van der Waals surface area contributed by atoms with Gasteiger partial charge in [-0.05, 0) is 44.9 Å². The molecule has 1 aromatic carbocycles. The summed E-state index contributed by atoms with van der Waals surface area (Å²) < 4.78 is 1.83. The second-order valence-electron chi connectivity index (χ2n) is 5.43. The van der Waals surface area contributed by atoms with Crippen molar-refractivity contribution in [2.24, 2.45) is 0 Å². The molecule has 1 heterocycles. The van der Waals surface area contributed by atoms with Gasteiger partial charge in [0, 0.05) is 11.4 Å². The number of aryl methyl sites for hydroxylation is 3. The van der Waals surface area contributed by atoms with Crippen LogP contribution in [0.2, 0.25) is 0 Å².